The van der Waals surface area contributed by atoms with Crippen molar-refractivity contribution in [2.24, 2.45) is 5.92 Å². The van der Waals surface area contributed by atoms with Crippen LogP contribution in [-0.4, -0.2) is 50.7 Å². The van der Waals surface area contributed by atoms with Crippen LogP contribution in [0, 0.1) is 5.92 Å². The van der Waals surface area contributed by atoms with Crippen LogP contribution in [0.1, 0.15) is 19.3 Å². The second-order valence-electron chi connectivity index (χ2n) is 4.77. The first-order valence-electron chi connectivity index (χ1n) is 5.98. The lowest BCUT2D eigenvalue weighted by atomic mass is 9.90. The molecule has 82 valence electrons. The molecule has 3 nitrogen and oxygen atoms in total. The van der Waals surface area contributed by atoms with Crippen LogP contribution in [0.25, 0.3) is 0 Å². The van der Waals surface area contributed by atoms with Crippen molar-refractivity contribution in [2.45, 2.75) is 25.3 Å². The van der Waals surface area contributed by atoms with E-state index in [0.717, 1.165) is 12.0 Å². The third-order valence-corrected chi connectivity index (χ3v) is 3.71. The summed E-state index contributed by atoms with van der Waals surface area (Å²) in [6.07, 6.45) is 4.15. The molecule has 0 radical (unpaired) electrons. The Morgan fingerprint density at radius 1 is 1.14 bits per heavy atom. The standard InChI is InChI=1S/C11H23N3/c1-14-7-6-13-9-11(14)8-10-2-4-12-5-3-10/h10-13H,2-9H2,1H3. The van der Waals surface area contributed by atoms with E-state index in [0.29, 0.717) is 0 Å². The molecule has 2 N–H and O–H groups in total. The van der Waals surface area contributed by atoms with Gasteiger partial charge in [-0.2, -0.15) is 0 Å². The van der Waals surface area contributed by atoms with Crippen molar-refractivity contribution < 1.29 is 0 Å². The van der Waals surface area contributed by atoms with Gasteiger partial charge in [-0.3, -0.25) is 0 Å². The molecular weight excluding hydrogens is 174 g/mol. The number of piperidine rings is 1. The van der Waals surface area contributed by atoms with Crippen LogP contribution in [0.3, 0.4) is 0 Å². The fraction of sp³-hybridized carbons (Fsp3) is 1.00. The maximum absolute atomic E-state index is 3.50. The fourth-order valence-electron chi connectivity index (χ4n) is 2.63. The van der Waals surface area contributed by atoms with Gasteiger partial charge in [-0.1, -0.05) is 0 Å². The highest BCUT2D eigenvalue weighted by Crippen LogP contribution is 2.20. The van der Waals surface area contributed by atoms with Gasteiger partial charge in [-0.15, -0.1) is 0 Å². The number of nitrogens with zero attached hydrogens (tertiary/aromatic N) is 1. The van der Waals surface area contributed by atoms with Crippen molar-refractivity contribution in [3.8, 4) is 0 Å². The Morgan fingerprint density at radius 2 is 1.93 bits per heavy atom. The molecule has 0 spiro atoms. The predicted molar refractivity (Wildman–Crippen MR) is 59.5 cm³/mol. The van der Waals surface area contributed by atoms with E-state index in [4.69, 9.17) is 0 Å². The Morgan fingerprint density at radius 3 is 2.64 bits per heavy atom. The van der Waals surface area contributed by atoms with Crippen LogP contribution in [0.2, 0.25) is 0 Å². The molecule has 0 aromatic carbocycles. The molecule has 0 aromatic rings. The van der Waals surface area contributed by atoms with E-state index >= 15 is 0 Å². The molecule has 2 aliphatic rings. The van der Waals surface area contributed by atoms with Gasteiger partial charge in [-0.05, 0) is 45.3 Å². The molecule has 2 rings (SSSR count). The first-order chi connectivity index (χ1) is 6.86. The average molecular weight is 197 g/mol. The summed E-state index contributed by atoms with van der Waals surface area (Å²) in [7, 11) is 2.27. The lowest BCUT2D eigenvalue weighted by Gasteiger charge is -2.36. The van der Waals surface area contributed by atoms with Gasteiger partial charge < -0.3 is 15.5 Å². The number of rotatable bonds is 2. The van der Waals surface area contributed by atoms with Crippen molar-refractivity contribution >= 4 is 0 Å². The summed E-state index contributed by atoms with van der Waals surface area (Å²) in [6, 6.07) is 0.784. The smallest absolute Gasteiger partial charge is 0.0220 e. The van der Waals surface area contributed by atoms with Gasteiger partial charge in [0, 0.05) is 25.7 Å². The van der Waals surface area contributed by atoms with E-state index in [-0.39, 0.29) is 0 Å². The largest absolute Gasteiger partial charge is 0.317 e. The number of hydrogen-bond donors (Lipinski definition) is 2. The first-order valence-corrected chi connectivity index (χ1v) is 5.98. The summed E-state index contributed by atoms with van der Waals surface area (Å²) in [5.74, 6) is 0.962. The molecule has 14 heavy (non-hydrogen) atoms. The van der Waals surface area contributed by atoms with Gasteiger partial charge in [-0.25, -0.2) is 0 Å². The van der Waals surface area contributed by atoms with Gasteiger partial charge in [0.25, 0.3) is 0 Å². The van der Waals surface area contributed by atoms with Crippen LogP contribution in [0.4, 0.5) is 0 Å². The Kier molecular flexibility index (Phi) is 3.79. The van der Waals surface area contributed by atoms with E-state index in [2.05, 4.69) is 22.6 Å². The summed E-state index contributed by atoms with van der Waals surface area (Å²) >= 11 is 0. The van der Waals surface area contributed by atoms with Crippen molar-refractivity contribution in [3.63, 3.8) is 0 Å². The zero-order valence-corrected chi connectivity index (χ0v) is 9.26. The van der Waals surface area contributed by atoms with Crippen molar-refractivity contribution in [1.29, 1.82) is 0 Å². The maximum Gasteiger partial charge on any atom is 0.0220 e. The van der Waals surface area contributed by atoms with E-state index in [1.54, 1.807) is 0 Å². The molecule has 0 aromatic heterocycles. The maximum atomic E-state index is 3.50. The number of likely N-dealkylation sites (N-methyl/N-ethyl adjacent to an activating group) is 1. The highest BCUT2D eigenvalue weighted by atomic mass is 15.2. The highest BCUT2D eigenvalue weighted by Gasteiger charge is 2.23. The first kappa shape index (κ1) is 10.4. The molecular formula is C11H23N3. The summed E-state index contributed by atoms with van der Waals surface area (Å²) in [5.41, 5.74) is 0. The van der Waals surface area contributed by atoms with E-state index < -0.39 is 0 Å². The second kappa shape index (κ2) is 5.10. The number of nitrogens with one attached hydrogen (secondary N) is 2. The molecule has 0 amide bonds. The highest BCUT2D eigenvalue weighted by molar-refractivity contribution is 4.81. The van der Waals surface area contributed by atoms with Gasteiger partial charge in [0.05, 0.1) is 0 Å². The second-order valence-corrected chi connectivity index (χ2v) is 4.77. The van der Waals surface area contributed by atoms with E-state index in [1.165, 1.54) is 52.0 Å². The SMILES string of the molecule is CN1CCNCC1CC1CCNCC1. The summed E-state index contributed by atoms with van der Waals surface area (Å²) in [5, 5.41) is 6.93. The summed E-state index contributed by atoms with van der Waals surface area (Å²) in [6.45, 7) is 6.04. The molecule has 2 saturated heterocycles. The molecule has 0 bridgehead atoms. The van der Waals surface area contributed by atoms with Crippen LogP contribution < -0.4 is 10.6 Å². The summed E-state index contributed by atoms with van der Waals surface area (Å²) < 4.78 is 0. The molecule has 0 aliphatic carbocycles. The Balaban J connectivity index is 1.76. The van der Waals surface area contributed by atoms with Gasteiger partial charge in [0.2, 0.25) is 0 Å². The average Bonchev–Trinajstić information content (AvgIpc) is 2.23. The molecule has 1 unspecified atom stereocenters. The van der Waals surface area contributed by atoms with Crippen molar-refractivity contribution in [2.75, 3.05) is 39.8 Å². The summed E-state index contributed by atoms with van der Waals surface area (Å²) in [4.78, 5) is 2.53. The van der Waals surface area contributed by atoms with Crippen LogP contribution in [0.15, 0.2) is 0 Å². The Hall–Kier alpha value is -0.120. The molecule has 2 fully saturated rings. The van der Waals surface area contributed by atoms with Crippen LogP contribution in [0.5, 0.6) is 0 Å². The number of piperazine rings is 1. The normalized spacial score (nSPS) is 31.9. The van der Waals surface area contributed by atoms with Crippen LogP contribution in [-0.2, 0) is 0 Å². The van der Waals surface area contributed by atoms with Gasteiger partial charge in [0.1, 0.15) is 0 Å². The van der Waals surface area contributed by atoms with Crippen molar-refractivity contribution in [3.05, 3.63) is 0 Å². The zero-order chi connectivity index (χ0) is 9.80. The topological polar surface area (TPSA) is 27.3 Å². The van der Waals surface area contributed by atoms with Crippen LogP contribution >= 0.6 is 0 Å². The quantitative estimate of drug-likeness (QED) is 0.666. The van der Waals surface area contributed by atoms with Gasteiger partial charge in [0.15, 0.2) is 0 Å². The van der Waals surface area contributed by atoms with Gasteiger partial charge >= 0.3 is 0 Å². The lowest BCUT2D eigenvalue weighted by molar-refractivity contribution is 0.160. The Bertz CT molecular complexity index is 166. The molecule has 1 atom stereocenters. The monoisotopic (exact) mass is 197 g/mol. The third kappa shape index (κ3) is 2.69. The fourth-order valence-corrected chi connectivity index (χ4v) is 2.63. The van der Waals surface area contributed by atoms with E-state index in [9.17, 15) is 0 Å². The van der Waals surface area contributed by atoms with Crippen molar-refractivity contribution in [1.82, 2.24) is 15.5 Å². The minimum atomic E-state index is 0.784. The molecule has 2 aliphatic heterocycles. The van der Waals surface area contributed by atoms with E-state index in [1.807, 2.05) is 0 Å². The Labute approximate surface area is 87.2 Å². The predicted octanol–water partition coefficient (Wildman–Crippen LogP) is 0.280. The zero-order valence-electron chi connectivity index (χ0n) is 9.26. The number of hydrogen-bond acceptors (Lipinski definition) is 3. The third-order valence-electron chi connectivity index (χ3n) is 3.71. The minimum absolute atomic E-state index is 0.784. The molecule has 2 heterocycles. The lowest BCUT2D eigenvalue weighted by Crippen LogP contribution is -2.50. The molecule has 3 heteroatoms. The molecule has 0 saturated carbocycles. The minimum Gasteiger partial charge on any atom is -0.317 e.